The van der Waals surface area contributed by atoms with Gasteiger partial charge in [0.2, 0.25) is 5.89 Å². The first-order valence-corrected chi connectivity index (χ1v) is 5.47. The number of hydrogen-bond acceptors (Lipinski definition) is 3. The number of carboxylic acids is 1. The third kappa shape index (κ3) is 1.53. The molecule has 0 amide bonds. The largest absolute Gasteiger partial charge is 0.480 e. The van der Waals surface area contributed by atoms with Gasteiger partial charge in [0.25, 0.3) is 0 Å². The molecule has 0 radical (unpaired) electrons. The van der Waals surface area contributed by atoms with Gasteiger partial charge in [-0.1, -0.05) is 18.2 Å². The van der Waals surface area contributed by atoms with E-state index in [0.717, 1.165) is 5.56 Å². The maximum absolute atomic E-state index is 11.1. The van der Waals surface area contributed by atoms with Crippen LogP contribution in [0.2, 0.25) is 0 Å². The summed E-state index contributed by atoms with van der Waals surface area (Å²) in [6.07, 6.45) is 2.79. The van der Waals surface area contributed by atoms with Crippen molar-refractivity contribution >= 4 is 5.97 Å². The van der Waals surface area contributed by atoms with Crippen LogP contribution in [0.4, 0.5) is 0 Å². The molecule has 0 spiro atoms. The fourth-order valence-corrected chi connectivity index (χ4v) is 1.90. The van der Waals surface area contributed by atoms with E-state index >= 15 is 0 Å². The Morgan fingerprint density at radius 1 is 1.29 bits per heavy atom. The second-order valence-electron chi connectivity index (χ2n) is 4.28. The summed E-state index contributed by atoms with van der Waals surface area (Å²) >= 11 is 0. The molecule has 1 aliphatic carbocycles. The van der Waals surface area contributed by atoms with Crippen LogP contribution in [0.1, 0.15) is 18.6 Å². The Morgan fingerprint density at radius 2 is 2.00 bits per heavy atom. The van der Waals surface area contributed by atoms with Crippen molar-refractivity contribution < 1.29 is 14.3 Å². The highest BCUT2D eigenvalue weighted by Crippen LogP contribution is 2.49. The molecule has 1 aliphatic rings. The summed E-state index contributed by atoms with van der Waals surface area (Å²) in [7, 11) is 0. The SMILES string of the molecule is O=C(O)C1(c2cnc(-c3ccccc3)o2)CC1. The average molecular weight is 229 g/mol. The molecule has 17 heavy (non-hydrogen) atoms. The van der Waals surface area contributed by atoms with Crippen LogP contribution < -0.4 is 0 Å². The van der Waals surface area contributed by atoms with Gasteiger partial charge in [0, 0.05) is 5.56 Å². The molecule has 1 fully saturated rings. The molecule has 1 aromatic heterocycles. The quantitative estimate of drug-likeness (QED) is 0.878. The smallest absolute Gasteiger partial charge is 0.317 e. The van der Waals surface area contributed by atoms with Crippen LogP contribution in [0.5, 0.6) is 0 Å². The molecule has 1 saturated carbocycles. The van der Waals surface area contributed by atoms with Gasteiger partial charge in [-0.25, -0.2) is 4.98 Å². The molecule has 86 valence electrons. The van der Waals surface area contributed by atoms with Crippen LogP contribution in [0.3, 0.4) is 0 Å². The Morgan fingerprint density at radius 3 is 2.59 bits per heavy atom. The number of hydrogen-bond donors (Lipinski definition) is 1. The second kappa shape index (κ2) is 3.45. The number of aliphatic carboxylic acids is 1. The molecule has 1 aromatic carbocycles. The molecule has 0 saturated heterocycles. The summed E-state index contributed by atoms with van der Waals surface area (Å²) in [4.78, 5) is 15.3. The molecule has 1 heterocycles. The summed E-state index contributed by atoms with van der Waals surface area (Å²) in [6, 6.07) is 9.46. The Kier molecular flexibility index (Phi) is 2.04. The average Bonchev–Trinajstić information content (AvgIpc) is 3.02. The topological polar surface area (TPSA) is 63.3 Å². The van der Waals surface area contributed by atoms with E-state index in [9.17, 15) is 4.79 Å². The first kappa shape index (κ1) is 10.1. The lowest BCUT2D eigenvalue weighted by molar-refractivity contribution is -0.140. The van der Waals surface area contributed by atoms with Crippen molar-refractivity contribution in [3.8, 4) is 11.5 Å². The van der Waals surface area contributed by atoms with Crippen molar-refractivity contribution in [2.45, 2.75) is 18.3 Å². The number of carboxylic acid groups (broad SMARTS) is 1. The van der Waals surface area contributed by atoms with E-state index in [1.807, 2.05) is 30.3 Å². The highest BCUT2D eigenvalue weighted by Gasteiger charge is 2.55. The highest BCUT2D eigenvalue weighted by molar-refractivity contribution is 5.84. The van der Waals surface area contributed by atoms with Gasteiger partial charge in [-0.2, -0.15) is 0 Å². The monoisotopic (exact) mass is 229 g/mol. The minimum Gasteiger partial charge on any atom is -0.480 e. The van der Waals surface area contributed by atoms with Crippen LogP contribution in [0.25, 0.3) is 11.5 Å². The lowest BCUT2D eigenvalue weighted by Crippen LogP contribution is -2.18. The molecule has 4 nitrogen and oxygen atoms in total. The van der Waals surface area contributed by atoms with E-state index in [1.54, 1.807) is 0 Å². The van der Waals surface area contributed by atoms with Gasteiger partial charge in [-0.3, -0.25) is 4.79 Å². The van der Waals surface area contributed by atoms with Crippen molar-refractivity contribution in [1.82, 2.24) is 4.98 Å². The number of aromatic nitrogens is 1. The van der Waals surface area contributed by atoms with E-state index in [2.05, 4.69) is 4.98 Å². The number of nitrogens with zero attached hydrogens (tertiary/aromatic N) is 1. The first-order valence-electron chi connectivity index (χ1n) is 5.47. The van der Waals surface area contributed by atoms with E-state index in [0.29, 0.717) is 24.5 Å². The molecular formula is C13H11NO3. The first-order chi connectivity index (χ1) is 8.22. The van der Waals surface area contributed by atoms with Crippen LogP contribution in [0, 0.1) is 0 Å². The van der Waals surface area contributed by atoms with E-state index in [1.165, 1.54) is 6.20 Å². The van der Waals surface area contributed by atoms with Gasteiger partial charge < -0.3 is 9.52 Å². The third-order valence-corrected chi connectivity index (χ3v) is 3.16. The maximum atomic E-state index is 11.1. The van der Waals surface area contributed by atoms with Crippen LogP contribution in [0.15, 0.2) is 40.9 Å². The number of carbonyl (C=O) groups is 1. The molecule has 4 heteroatoms. The Balaban J connectivity index is 1.97. The van der Waals surface area contributed by atoms with Gasteiger partial charge in [0.1, 0.15) is 11.2 Å². The van der Waals surface area contributed by atoms with E-state index in [-0.39, 0.29) is 0 Å². The van der Waals surface area contributed by atoms with Crippen molar-refractivity contribution in [1.29, 1.82) is 0 Å². The zero-order valence-corrected chi connectivity index (χ0v) is 9.09. The van der Waals surface area contributed by atoms with Crippen LogP contribution in [-0.2, 0) is 10.2 Å². The number of rotatable bonds is 3. The van der Waals surface area contributed by atoms with Crippen molar-refractivity contribution in [3.05, 3.63) is 42.3 Å². The number of oxazole rings is 1. The number of benzene rings is 1. The zero-order valence-electron chi connectivity index (χ0n) is 9.09. The molecule has 0 unspecified atom stereocenters. The van der Waals surface area contributed by atoms with Crippen molar-refractivity contribution in [2.75, 3.05) is 0 Å². The zero-order chi connectivity index (χ0) is 11.9. The molecular weight excluding hydrogens is 218 g/mol. The maximum Gasteiger partial charge on any atom is 0.317 e. The highest BCUT2D eigenvalue weighted by atomic mass is 16.4. The molecule has 0 atom stereocenters. The van der Waals surface area contributed by atoms with Crippen molar-refractivity contribution in [2.24, 2.45) is 0 Å². The Labute approximate surface area is 97.9 Å². The van der Waals surface area contributed by atoms with Gasteiger partial charge in [0.05, 0.1) is 6.20 Å². The predicted molar refractivity (Wildman–Crippen MR) is 60.5 cm³/mol. The van der Waals surface area contributed by atoms with Crippen LogP contribution in [-0.4, -0.2) is 16.1 Å². The molecule has 0 aliphatic heterocycles. The lowest BCUT2D eigenvalue weighted by Gasteiger charge is -2.03. The Hall–Kier alpha value is -2.10. The lowest BCUT2D eigenvalue weighted by atomic mass is 10.1. The third-order valence-electron chi connectivity index (χ3n) is 3.16. The minimum atomic E-state index is -0.826. The summed E-state index contributed by atoms with van der Waals surface area (Å²) < 4.78 is 5.57. The normalized spacial score (nSPS) is 16.7. The summed E-state index contributed by atoms with van der Waals surface area (Å²) in [5.41, 5.74) is 0.0416. The molecule has 2 aromatic rings. The second-order valence-corrected chi connectivity index (χ2v) is 4.28. The molecule has 3 rings (SSSR count). The van der Waals surface area contributed by atoms with Gasteiger partial charge >= 0.3 is 5.97 Å². The van der Waals surface area contributed by atoms with Gasteiger partial charge in [-0.05, 0) is 25.0 Å². The van der Waals surface area contributed by atoms with Crippen molar-refractivity contribution in [3.63, 3.8) is 0 Å². The molecule has 1 N–H and O–H groups in total. The Bertz CT molecular complexity index is 555. The van der Waals surface area contributed by atoms with E-state index < -0.39 is 11.4 Å². The fraction of sp³-hybridized carbons (Fsp3) is 0.231. The fourth-order valence-electron chi connectivity index (χ4n) is 1.90. The minimum absolute atomic E-state index is 0.462. The predicted octanol–water partition coefficient (Wildman–Crippen LogP) is 2.46. The van der Waals surface area contributed by atoms with Gasteiger partial charge in [0.15, 0.2) is 0 Å². The summed E-state index contributed by atoms with van der Waals surface area (Å²) in [5.74, 6) is 0.116. The van der Waals surface area contributed by atoms with Gasteiger partial charge in [-0.15, -0.1) is 0 Å². The molecule has 0 bridgehead atoms. The standard InChI is InChI=1S/C13H11NO3/c15-12(16)13(6-7-13)10-8-14-11(17-10)9-4-2-1-3-5-9/h1-5,8H,6-7H2,(H,15,16). The summed E-state index contributed by atoms with van der Waals surface area (Å²) in [6.45, 7) is 0. The van der Waals surface area contributed by atoms with E-state index in [4.69, 9.17) is 9.52 Å². The van der Waals surface area contributed by atoms with Crippen LogP contribution >= 0.6 is 0 Å². The summed E-state index contributed by atoms with van der Waals surface area (Å²) in [5, 5.41) is 9.15.